The topological polar surface area (TPSA) is 3.24 Å². The van der Waals surface area contributed by atoms with Gasteiger partial charge in [0, 0.05) is 24.2 Å². The molecule has 0 bridgehead atoms. The fourth-order valence-electron chi connectivity index (χ4n) is 2.73. The van der Waals surface area contributed by atoms with Crippen LogP contribution < -0.4 is 4.90 Å². The lowest BCUT2D eigenvalue weighted by Crippen LogP contribution is -2.33. The number of anilines is 1. The van der Waals surface area contributed by atoms with E-state index in [2.05, 4.69) is 49.9 Å². The van der Waals surface area contributed by atoms with Crippen LogP contribution in [0.2, 0.25) is 0 Å². The number of fused-ring (bicyclic) bond motifs is 1. The first-order valence-corrected chi connectivity index (χ1v) is 6.13. The summed E-state index contributed by atoms with van der Waals surface area (Å²) in [6.07, 6.45) is 2.50. The van der Waals surface area contributed by atoms with E-state index in [1.807, 2.05) is 0 Å². The number of hydrogen-bond donors (Lipinski definition) is 0. The largest absolute Gasteiger partial charge is 0.368 e. The Balaban J connectivity index is 2.31. The van der Waals surface area contributed by atoms with E-state index in [1.165, 1.54) is 30.6 Å². The van der Waals surface area contributed by atoms with Crippen LogP contribution in [-0.4, -0.2) is 12.6 Å². The lowest BCUT2D eigenvalue weighted by atomic mass is 10.0. The van der Waals surface area contributed by atoms with Crippen LogP contribution in [0.4, 0.5) is 5.69 Å². The molecular formula is C14H21N. The number of hydrogen-bond acceptors (Lipinski definition) is 1. The van der Waals surface area contributed by atoms with Crippen molar-refractivity contribution in [3.05, 3.63) is 29.8 Å². The quantitative estimate of drug-likeness (QED) is 0.722. The molecule has 1 aliphatic heterocycles. The highest BCUT2D eigenvalue weighted by atomic mass is 15.2. The molecule has 0 fully saturated rings. The molecule has 1 aromatic carbocycles. The van der Waals surface area contributed by atoms with E-state index in [1.54, 1.807) is 0 Å². The van der Waals surface area contributed by atoms with Crippen LogP contribution in [0.25, 0.3) is 0 Å². The molecule has 0 saturated carbocycles. The maximum atomic E-state index is 2.60. The Morgan fingerprint density at radius 1 is 1.27 bits per heavy atom. The minimum Gasteiger partial charge on any atom is -0.368 e. The summed E-state index contributed by atoms with van der Waals surface area (Å²) >= 11 is 0. The average Bonchev–Trinajstić information content (AvgIpc) is 2.60. The number of para-hydroxylation sites is 1. The molecule has 82 valence electrons. The van der Waals surface area contributed by atoms with Crippen LogP contribution in [0.15, 0.2) is 24.3 Å². The fourth-order valence-corrected chi connectivity index (χ4v) is 2.73. The summed E-state index contributed by atoms with van der Waals surface area (Å²) in [6, 6.07) is 9.59. The SMILES string of the molecule is CCC(CC)N1C[C@@H](C)c2ccccc21. The van der Waals surface area contributed by atoms with E-state index >= 15 is 0 Å². The third kappa shape index (κ3) is 1.75. The van der Waals surface area contributed by atoms with E-state index in [0.717, 1.165) is 6.04 Å². The monoisotopic (exact) mass is 203 g/mol. The highest BCUT2D eigenvalue weighted by Gasteiger charge is 2.28. The second-order valence-corrected chi connectivity index (χ2v) is 4.58. The van der Waals surface area contributed by atoms with Gasteiger partial charge in [0.15, 0.2) is 0 Å². The minimum absolute atomic E-state index is 0.696. The van der Waals surface area contributed by atoms with E-state index < -0.39 is 0 Å². The summed E-state index contributed by atoms with van der Waals surface area (Å²) < 4.78 is 0. The highest BCUT2D eigenvalue weighted by molar-refractivity contribution is 5.60. The van der Waals surface area contributed by atoms with Crippen LogP contribution in [0, 0.1) is 0 Å². The predicted molar refractivity (Wildman–Crippen MR) is 66.6 cm³/mol. The molecule has 0 spiro atoms. The second-order valence-electron chi connectivity index (χ2n) is 4.58. The number of nitrogens with zero attached hydrogens (tertiary/aromatic N) is 1. The Morgan fingerprint density at radius 2 is 1.93 bits per heavy atom. The Kier molecular flexibility index (Phi) is 2.99. The van der Waals surface area contributed by atoms with Crippen molar-refractivity contribution in [2.45, 2.75) is 45.6 Å². The van der Waals surface area contributed by atoms with Crippen LogP contribution in [-0.2, 0) is 0 Å². The zero-order valence-corrected chi connectivity index (χ0v) is 10.0. The van der Waals surface area contributed by atoms with Gasteiger partial charge in [-0.15, -0.1) is 0 Å². The van der Waals surface area contributed by atoms with Gasteiger partial charge in [-0.1, -0.05) is 39.0 Å². The average molecular weight is 203 g/mol. The summed E-state index contributed by atoms with van der Waals surface area (Å²) in [5.74, 6) is 0.696. The van der Waals surface area contributed by atoms with Crippen molar-refractivity contribution in [3.63, 3.8) is 0 Å². The summed E-state index contributed by atoms with van der Waals surface area (Å²) in [6.45, 7) is 8.12. The second kappa shape index (κ2) is 4.26. The molecule has 0 radical (unpaired) electrons. The third-order valence-corrected chi connectivity index (χ3v) is 3.63. The minimum atomic E-state index is 0.696. The van der Waals surface area contributed by atoms with Crippen molar-refractivity contribution in [2.24, 2.45) is 0 Å². The molecule has 0 unspecified atom stereocenters. The highest BCUT2D eigenvalue weighted by Crippen LogP contribution is 2.37. The van der Waals surface area contributed by atoms with Crippen molar-refractivity contribution < 1.29 is 0 Å². The van der Waals surface area contributed by atoms with Gasteiger partial charge >= 0.3 is 0 Å². The Morgan fingerprint density at radius 3 is 2.60 bits per heavy atom. The predicted octanol–water partition coefficient (Wildman–Crippen LogP) is 3.80. The smallest absolute Gasteiger partial charge is 0.0404 e. The van der Waals surface area contributed by atoms with Crippen molar-refractivity contribution in [2.75, 3.05) is 11.4 Å². The standard InChI is InChI=1S/C14H21N/c1-4-12(5-2)15-10-11(3)13-8-6-7-9-14(13)15/h6-9,11-12H,4-5,10H2,1-3H3/t11-/m1/s1. The number of benzene rings is 1. The first-order chi connectivity index (χ1) is 7.27. The summed E-state index contributed by atoms with van der Waals surface area (Å²) in [5.41, 5.74) is 3.00. The van der Waals surface area contributed by atoms with Crippen LogP contribution in [0.1, 0.15) is 45.1 Å². The molecule has 0 saturated heterocycles. The maximum absolute atomic E-state index is 2.60. The van der Waals surface area contributed by atoms with Crippen molar-refractivity contribution >= 4 is 5.69 Å². The Hall–Kier alpha value is -0.980. The molecule has 2 rings (SSSR count). The normalized spacial score (nSPS) is 19.7. The lowest BCUT2D eigenvalue weighted by molar-refractivity contribution is 0.557. The third-order valence-electron chi connectivity index (χ3n) is 3.63. The van der Waals surface area contributed by atoms with Crippen LogP contribution in [0.3, 0.4) is 0 Å². The molecule has 15 heavy (non-hydrogen) atoms. The zero-order chi connectivity index (χ0) is 10.8. The summed E-state index contributed by atoms with van der Waals surface area (Å²) in [4.78, 5) is 2.60. The van der Waals surface area contributed by atoms with Crippen LogP contribution in [0.5, 0.6) is 0 Å². The van der Waals surface area contributed by atoms with Gasteiger partial charge in [0.05, 0.1) is 0 Å². The van der Waals surface area contributed by atoms with Gasteiger partial charge in [-0.25, -0.2) is 0 Å². The van der Waals surface area contributed by atoms with Gasteiger partial charge in [-0.3, -0.25) is 0 Å². The first kappa shape index (κ1) is 10.5. The molecule has 1 aliphatic rings. The molecule has 0 N–H and O–H groups in total. The van der Waals surface area contributed by atoms with Gasteiger partial charge in [0.25, 0.3) is 0 Å². The summed E-state index contributed by atoms with van der Waals surface area (Å²) in [5, 5.41) is 0. The number of rotatable bonds is 3. The Bertz CT molecular complexity index is 328. The molecule has 1 heteroatoms. The molecule has 1 aromatic rings. The lowest BCUT2D eigenvalue weighted by Gasteiger charge is -2.29. The zero-order valence-electron chi connectivity index (χ0n) is 10.0. The van der Waals surface area contributed by atoms with E-state index in [-0.39, 0.29) is 0 Å². The maximum Gasteiger partial charge on any atom is 0.0404 e. The molecule has 0 amide bonds. The van der Waals surface area contributed by atoms with Gasteiger partial charge in [-0.2, -0.15) is 0 Å². The molecule has 1 heterocycles. The molecule has 0 aliphatic carbocycles. The molecule has 1 atom stereocenters. The van der Waals surface area contributed by atoms with Crippen molar-refractivity contribution in [3.8, 4) is 0 Å². The van der Waals surface area contributed by atoms with Gasteiger partial charge in [-0.05, 0) is 24.5 Å². The molecule has 1 nitrogen and oxygen atoms in total. The van der Waals surface area contributed by atoms with Crippen molar-refractivity contribution in [1.82, 2.24) is 0 Å². The summed E-state index contributed by atoms with van der Waals surface area (Å²) in [7, 11) is 0. The van der Waals surface area contributed by atoms with Gasteiger partial charge < -0.3 is 4.90 Å². The molecular weight excluding hydrogens is 182 g/mol. The van der Waals surface area contributed by atoms with Gasteiger partial charge in [0.2, 0.25) is 0 Å². The molecule has 0 aromatic heterocycles. The Labute approximate surface area is 93.1 Å². The van der Waals surface area contributed by atoms with Gasteiger partial charge in [0.1, 0.15) is 0 Å². The van der Waals surface area contributed by atoms with E-state index in [4.69, 9.17) is 0 Å². The fraction of sp³-hybridized carbons (Fsp3) is 0.571. The van der Waals surface area contributed by atoms with Crippen molar-refractivity contribution in [1.29, 1.82) is 0 Å². The van der Waals surface area contributed by atoms with E-state index in [0.29, 0.717) is 5.92 Å². The van der Waals surface area contributed by atoms with E-state index in [9.17, 15) is 0 Å². The van der Waals surface area contributed by atoms with Crippen LogP contribution >= 0.6 is 0 Å². The first-order valence-electron chi connectivity index (χ1n) is 6.13.